The molecule has 0 amide bonds. The Morgan fingerprint density at radius 3 is 2.55 bits per heavy atom. The van der Waals surface area contributed by atoms with Crippen molar-refractivity contribution in [1.82, 2.24) is 9.55 Å². The summed E-state index contributed by atoms with van der Waals surface area (Å²) in [7, 11) is 0. The van der Waals surface area contributed by atoms with E-state index in [4.69, 9.17) is 4.98 Å². The van der Waals surface area contributed by atoms with Crippen molar-refractivity contribution in [3.8, 4) is 11.1 Å². The largest absolute Gasteiger partial charge is 0.358 e. The Balaban J connectivity index is 1.70. The minimum Gasteiger partial charge on any atom is -0.358 e. The maximum Gasteiger partial charge on any atom is 0.135 e. The molecule has 0 N–H and O–H groups in total. The minimum absolute atomic E-state index is 0.207. The molecule has 5 rings (SSSR count). The third-order valence-electron chi connectivity index (χ3n) is 7.38. The van der Waals surface area contributed by atoms with E-state index in [0.717, 1.165) is 54.1 Å². The van der Waals surface area contributed by atoms with Crippen molar-refractivity contribution in [3.63, 3.8) is 0 Å². The van der Waals surface area contributed by atoms with Crippen molar-refractivity contribution < 1.29 is 4.39 Å². The monoisotopic (exact) mass is 441 g/mol. The van der Waals surface area contributed by atoms with Crippen LogP contribution in [-0.4, -0.2) is 16.1 Å². The number of hydrogen-bond acceptors (Lipinski definition) is 2. The molecule has 1 aliphatic rings. The van der Waals surface area contributed by atoms with E-state index in [-0.39, 0.29) is 11.4 Å². The van der Waals surface area contributed by atoms with Crippen molar-refractivity contribution >= 4 is 16.7 Å². The molecule has 0 spiro atoms. The highest BCUT2D eigenvalue weighted by Crippen LogP contribution is 2.45. The molecular weight excluding hydrogens is 409 g/mol. The van der Waals surface area contributed by atoms with Gasteiger partial charge in [0.1, 0.15) is 11.6 Å². The molecule has 4 heteroatoms. The second kappa shape index (κ2) is 8.02. The average molecular weight is 442 g/mol. The van der Waals surface area contributed by atoms with E-state index in [1.165, 1.54) is 28.3 Å². The maximum atomic E-state index is 14.1. The third kappa shape index (κ3) is 3.52. The summed E-state index contributed by atoms with van der Waals surface area (Å²) in [4.78, 5) is 7.72. The minimum atomic E-state index is -0.243. The van der Waals surface area contributed by atoms with Gasteiger partial charge in [0.25, 0.3) is 0 Å². The molecule has 0 saturated carbocycles. The number of halogens is 1. The van der Waals surface area contributed by atoms with Crippen LogP contribution in [-0.2, 0) is 12.1 Å². The molecule has 1 saturated heterocycles. The molecule has 170 valence electrons. The molecule has 0 unspecified atom stereocenters. The number of fused-ring (bicyclic) bond motifs is 1. The molecule has 0 radical (unpaired) electrons. The molecule has 1 aliphatic heterocycles. The molecule has 1 fully saturated rings. The van der Waals surface area contributed by atoms with E-state index in [1.807, 2.05) is 6.07 Å². The summed E-state index contributed by atoms with van der Waals surface area (Å²) in [6.07, 6.45) is 2.13. The van der Waals surface area contributed by atoms with Crippen LogP contribution in [0.2, 0.25) is 0 Å². The van der Waals surface area contributed by atoms with Crippen LogP contribution in [0.3, 0.4) is 0 Å². The molecule has 33 heavy (non-hydrogen) atoms. The smallest absolute Gasteiger partial charge is 0.135 e. The highest BCUT2D eigenvalue weighted by molar-refractivity contribution is 5.81. The van der Waals surface area contributed by atoms with Gasteiger partial charge in [-0.15, -0.1) is 0 Å². The zero-order chi connectivity index (χ0) is 23.3. The third-order valence-corrected chi connectivity index (χ3v) is 7.38. The fourth-order valence-corrected chi connectivity index (χ4v) is 5.46. The fourth-order valence-electron chi connectivity index (χ4n) is 5.46. The lowest BCUT2D eigenvalue weighted by Crippen LogP contribution is -2.41. The summed E-state index contributed by atoms with van der Waals surface area (Å²) in [6.45, 7) is 12.8. The molecular formula is C29H32FN3. The summed E-state index contributed by atoms with van der Waals surface area (Å²) in [5, 5.41) is 0. The number of imidazole rings is 1. The van der Waals surface area contributed by atoms with Crippen LogP contribution < -0.4 is 4.90 Å². The molecule has 1 aromatic heterocycles. The number of hydrogen-bond donors (Lipinski definition) is 0. The first-order valence-corrected chi connectivity index (χ1v) is 11.9. The van der Waals surface area contributed by atoms with Gasteiger partial charge >= 0.3 is 0 Å². The first-order chi connectivity index (χ1) is 15.8. The van der Waals surface area contributed by atoms with E-state index in [0.29, 0.717) is 0 Å². The Morgan fingerprint density at radius 2 is 1.79 bits per heavy atom. The van der Waals surface area contributed by atoms with Gasteiger partial charge in [-0.25, -0.2) is 9.37 Å². The molecule has 0 bridgehead atoms. The molecule has 2 heterocycles. The van der Waals surface area contributed by atoms with Crippen LogP contribution >= 0.6 is 0 Å². The highest BCUT2D eigenvalue weighted by Gasteiger charge is 2.43. The standard InChI is InChI=1S/C29H32FN3/c1-6-32-27-17-21(4)20(3)16-25(27)31-28(32)29(5)13-8-14-33(29)26-15-19(2)11-12-24(26)22-9-7-10-23(30)18-22/h7,9-12,15-18H,6,8,13-14H2,1-5H3/t29-/m0/s1. The number of rotatable bonds is 4. The van der Waals surface area contributed by atoms with Crippen LogP contribution in [0.4, 0.5) is 10.1 Å². The van der Waals surface area contributed by atoms with Crippen molar-refractivity contribution in [2.45, 2.75) is 59.5 Å². The number of nitrogens with zero attached hydrogens (tertiary/aromatic N) is 3. The number of anilines is 1. The van der Waals surface area contributed by atoms with Crippen molar-refractivity contribution in [1.29, 1.82) is 0 Å². The molecule has 4 aromatic rings. The lowest BCUT2D eigenvalue weighted by Gasteiger charge is -2.38. The van der Waals surface area contributed by atoms with E-state index < -0.39 is 0 Å². The quantitative estimate of drug-likeness (QED) is 0.331. The highest BCUT2D eigenvalue weighted by atomic mass is 19.1. The van der Waals surface area contributed by atoms with Gasteiger partial charge in [-0.1, -0.05) is 24.3 Å². The molecule has 3 nitrogen and oxygen atoms in total. The summed E-state index contributed by atoms with van der Waals surface area (Å²) in [6, 6.07) is 17.9. The first-order valence-electron chi connectivity index (χ1n) is 11.9. The van der Waals surface area contributed by atoms with Crippen LogP contribution in [0.25, 0.3) is 22.2 Å². The number of aryl methyl sites for hydroxylation is 4. The van der Waals surface area contributed by atoms with Crippen molar-refractivity contribution in [2.75, 3.05) is 11.4 Å². The summed E-state index contributed by atoms with van der Waals surface area (Å²) >= 11 is 0. The maximum absolute atomic E-state index is 14.1. The van der Waals surface area contributed by atoms with Crippen LogP contribution in [0, 0.1) is 26.6 Å². The molecule has 3 aromatic carbocycles. The number of aromatic nitrogens is 2. The Bertz CT molecular complexity index is 1350. The second-order valence-corrected chi connectivity index (χ2v) is 9.66. The summed E-state index contributed by atoms with van der Waals surface area (Å²) in [5.74, 6) is 0.913. The average Bonchev–Trinajstić information content (AvgIpc) is 3.35. The molecule has 1 atom stereocenters. The van der Waals surface area contributed by atoms with E-state index in [1.54, 1.807) is 12.1 Å². The predicted octanol–water partition coefficient (Wildman–Crippen LogP) is 7.30. The Kier molecular flexibility index (Phi) is 5.27. The summed E-state index contributed by atoms with van der Waals surface area (Å²) < 4.78 is 16.5. The Morgan fingerprint density at radius 1 is 1.00 bits per heavy atom. The van der Waals surface area contributed by atoms with Crippen molar-refractivity contribution in [3.05, 3.63) is 82.9 Å². The fraction of sp³-hybridized carbons (Fsp3) is 0.345. The topological polar surface area (TPSA) is 21.1 Å². The van der Waals surface area contributed by atoms with E-state index >= 15 is 0 Å². The Hall–Kier alpha value is -3.14. The van der Waals surface area contributed by atoms with E-state index in [2.05, 4.69) is 74.4 Å². The van der Waals surface area contributed by atoms with Gasteiger partial charge in [0.15, 0.2) is 0 Å². The first kappa shape index (κ1) is 21.7. The molecule has 0 aliphatic carbocycles. The van der Waals surface area contributed by atoms with Crippen LogP contribution in [0.15, 0.2) is 54.6 Å². The van der Waals surface area contributed by atoms with Gasteiger partial charge in [0.2, 0.25) is 0 Å². The van der Waals surface area contributed by atoms with Gasteiger partial charge in [-0.2, -0.15) is 0 Å². The van der Waals surface area contributed by atoms with Crippen molar-refractivity contribution in [2.24, 2.45) is 0 Å². The van der Waals surface area contributed by atoms with Gasteiger partial charge in [0, 0.05) is 24.3 Å². The SMILES string of the molecule is CCn1c([C@]2(C)CCCN2c2cc(C)ccc2-c2cccc(F)c2)nc2cc(C)c(C)cc21. The number of benzene rings is 3. The lowest BCUT2D eigenvalue weighted by atomic mass is 9.94. The van der Waals surface area contributed by atoms with Crippen LogP contribution in [0.1, 0.15) is 49.2 Å². The van der Waals surface area contributed by atoms with E-state index in [9.17, 15) is 4.39 Å². The predicted molar refractivity (Wildman–Crippen MR) is 135 cm³/mol. The lowest BCUT2D eigenvalue weighted by molar-refractivity contribution is 0.440. The van der Waals surface area contributed by atoms with Gasteiger partial charge in [0.05, 0.1) is 16.6 Å². The van der Waals surface area contributed by atoms with Gasteiger partial charge in [-0.3, -0.25) is 0 Å². The Labute approximate surface area is 195 Å². The van der Waals surface area contributed by atoms with Gasteiger partial charge in [-0.05, 0) is 100 Å². The van der Waals surface area contributed by atoms with Gasteiger partial charge < -0.3 is 9.47 Å². The second-order valence-electron chi connectivity index (χ2n) is 9.66. The zero-order valence-electron chi connectivity index (χ0n) is 20.2. The van der Waals surface area contributed by atoms with Crippen LogP contribution in [0.5, 0.6) is 0 Å². The zero-order valence-corrected chi connectivity index (χ0v) is 20.2. The normalized spacial score (nSPS) is 18.4. The summed E-state index contributed by atoms with van der Waals surface area (Å²) in [5.41, 5.74) is 8.94.